The largest absolute Gasteiger partial charge is 0.481 e. The van der Waals surface area contributed by atoms with Crippen LogP contribution >= 0.6 is 0 Å². The van der Waals surface area contributed by atoms with Gasteiger partial charge in [-0.05, 0) is 25.0 Å². The third kappa shape index (κ3) is 2.16. The Morgan fingerprint density at radius 1 is 1.33 bits per heavy atom. The van der Waals surface area contributed by atoms with Gasteiger partial charge in [0.2, 0.25) is 0 Å². The fourth-order valence-corrected chi connectivity index (χ4v) is 3.42. The van der Waals surface area contributed by atoms with Crippen molar-refractivity contribution < 1.29 is 14.6 Å². The Bertz CT molecular complexity index is 891. The standard InChI is InChI=1S/C19H18N2O3/c1-11-20-17-15(21(11)2)10-14(19(22)23)13-8-9-16(24-18(13)17)12-6-4-3-5-7-12/h3-7,9,14H,8,10H2,1-2H3,(H,22,23). The molecule has 0 bridgehead atoms. The average molecular weight is 322 g/mol. The van der Waals surface area contributed by atoms with Gasteiger partial charge in [0.1, 0.15) is 17.3 Å². The van der Waals surface area contributed by atoms with Crippen LogP contribution in [0.5, 0.6) is 0 Å². The van der Waals surface area contributed by atoms with Gasteiger partial charge in [-0.25, -0.2) is 4.98 Å². The molecule has 0 radical (unpaired) electrons. The number of allylic oxidation sites excluding steroid dienone is 1. The molecule has 5 heteroatoms. The number of aromatic nitrogens is 2. The van der Waals surface area contributed by atoms with Crippen molar-refractivity contribution in [2.75, 3.05) is 0 Å². The normalized spacial score (nSPS) is 19.2. The van der Waals surface area contributed by atoms with Crippen molar-refractivity contribution in [2.45, 2.75) is 19.8 Å². The van der Waals surface area contributed by atoms with Crippen molar-refractivity contribution in [3.05, 3.63) is 64.8 Å². The molecular weight excluding hydrogens is 304 g/mol. The average Bonchev–Trinajstić information content (AvgIpc) is 2.89. The van der Waals surface area contributed by atoms with Gasteiger partial charge in [0.05, 0.1) is 5.92 Å². The summed E-state index contributed by atoms with van der Waals surface area (Å²) in [5, 5.41) is 9.64. The molecule has 4 rings (SSSR count). The fourth-order valence-electron chi connectivity index (χ4n) is 3.42. The Morgan fingerprint density at radius 2 is 2.08 bits per heavy atom. The highest BCUT2D eigenvalue weighted by molar-refractivity contribution is 5.84. The van der Waals surface area contributed by atoms with E-state index in [4.69, 9.17) is 4.74 Å². The smallest absolute Gasteiger partial charge is 0.311 e. The molecule has 24 heavy (non-hydrogen) atoms. The monoisotopic (exact) mass is 322 g/mol. The van der Waals surface area contributed by atoms with Crippen molar-refractivity contribution in [3.63, 3.8) is 0 Å². The molecule has 1 atom stereocenters. The summed E-state index contributed by atoms with van der Waals surface area (Å²) in [7, 11) is 1.92. The van der Waals surface area contributed by atoms with Crippen LogP contribution in [0.3, 0.4) is 0 Å². The van der Waals surface area contributed by atoms with E-state index < -0.39 is 11.9 Å². The molecule has 1 aliphatic carbocycles. The molecule has 0 spiro atoms. The molecule has 2 heterocycles. The summed E-state index contributed by atoms with van der Waals surface area (Å²) in [6.07, 6.45) is 3.00. The summed E-state index contributed by atoms with van der Waals surface area (Å²) < 4.78 is 8.11. The number of benzene rings is 1. The second-order valence-electron chi connectivity index (χ2n) is 6.20. The number of hydrogen-bond donors (Lipinski definition) is 1. The highest BCUT2D eigenvalue weighted by Crippen LogP contribution is 2.42. The van der Waals surface area contributed by atoms with Crippen LogP contribution in [0.1, 0.15) is 29.2 Å². The Kier molecular flexibility index (Phi) is 3.30. The summed E-state index contributed by atoms with van der Waals surface area (Å²) in [6.45, 7) is 1.92. The van der Waals surface area contributed by atoms with Gasteiger partial charge in [-0.3, -0.25) is 4.79 Å². The van der Waals surface area contributed by atoms with E-state index in [0.717, 1.165) is 34.1 Å². The predicted molar refractivity (Wildman–Crippen MR) is 89.8 cm³/mol. The van der Waals surface area contributed by atoms with Gasteiger partial charge in [-0.1, -0.05) is 30.3 Å². The molecule has 0 saturated carbocycles. The Labute approximate surface area is 139 Å². The number of aliphatic carboxylic acids is 1. The molecule has 1 unspecified atom stereocenters. The Balaban J connectivity index is 1.81. The molecule has 1 aliphatic heterocycles. The number of rotatable bonds is 2. The summed E-state index contributed by atoms with van der Waals surface area (Å²) in [5.74, 6) is 0.865. The van der Waals surface area contributed by atoms with Crippen LogP contribution in [0.2, 0.25) is 0 Å². The molecule has 1 aromatic heterocycles. The van der Waals surface area contributed by atoms with Crippen LogP contribution in [0.15, 0.2) is 42.0 Å². The van der Waals surface area contributed by atoms with Crippen LogP contribution < -0.4 is 0 Å². The number of imidazole rings is 1. The number of hydrogen-bond acceptors (Lipinski definition) is 3. The van der Waals surface area contributed by atoms with Crippen molar-refractivity contribution in [1.29, 1.82) is 0 Å². The number of nitrogens with zero attached hydrogens (tertiary/aromatic N) is 2. The van der Waals surface area contributed by atoms with Gasteiger partial charge in [0, 0.05) is 24.7 Å². The molecular formula is C19H18N2O3. The van der Waals surface area contributed by atoms with Gasteiger partial charge in [-0.15, -0.1) is 0 Å². The van der Waals surface area contributed by atoms with E-state index >= 15 is 0 Å². The zero-order chi connectivity index (χ0) is 16.8. The summed E-state index contributed by atoms with van der Waals surface area (Å²) in [5.41, 5.74) is 3.50. The maximum absolute atomic E-state index is 11.7. The minimum Gasteiger partial charge on any atom is -0.481 e. The van der Waals surface area contributed by atoms with Crippen LogP contribution in [0.4, 0.5) is 0 Å². The second-order valence-corrected chi connectivity index (χ2v) is 6.20. The maximum atomic E-state index is 11.7. The molecule has 1 aromatic carbocycles. The van der Waals surface area contributed by atoms with Gasteiger partial charge in [0.25, 0.3) is 0 Å². The lowest BCUT2D eigenvalue weighted by Gasteiger charge is -2.29. The number of ether oxygens (including phenoxy) is 1. The Morgan fingerprint density at radius 3 is 2.79 bits per heavy atom. The van der Waals surface area contributed by atoms with Gasteiger partial charge < -0.3 is 14.4 Å². The van der Waals surface area contributed by atoms with Gasteiger partial charge >= 0.3 is 5.97 Å². The van der Waals surface area contributed by atoms with E-state index in [1.165, 1.54) is 0 Å². The number of carboxylic acids is 1. The number of carboxylic acid groups (broad SMARTS) is 1. The van der Waals surface area contributed by atoms with Crippen molar-refractivity contribution in [3.8, 4) is 0 Å². The first kappa shape index (κ1) is 14.8. The third-order valence-corrected chi connectivity index (χ3v) is 4.84. The highest BCUT2D eigenvalue weighted by atomic mass is 16.5. The quantitative estimate of drug-likeness (QED) is 0.922. The van der Waals surface area contributed by atoms with Gasteiger partial charge in [-0.2, -0.15) is 0 Å². The van der Waals surface area contributed by atoms with Crippen molar-refractivity contribution in [2.24, 2.45) is 13.0 Å². The molecule has 5 nitrogen and oxygen atoms in total. The summed E-state index contributed by atoms with van der Waals surface area (Å²) >= 11 is 0. The van der Waals surface area contributed by atoms with E-state index in [2.05, 4.69) is 4.98 Å². The van der Waals surface area contributed by atoms with Crippen molar-refractivity contribution >= 4 is 17.5 Å². The zero-order valence-corrected chi connectivity index (χ0v) is 13.6. The van der Waals surface area contributed by atoms with E-state index in [1.807, 2.05) is 54.9 Å². The summed E-state index contributed by atoms with van der Waals surface area (Å²) in [4.78, 5) is 16.4. The van der Waals surface area contributed by atoms with Crippen LogP contribution in [0, 0.1) is 12.8 Å². The number of aryl methyl sites for hydroxylation is 1. The van der Waals surface area contributed by atoms with E-state index in [1.54, 1.807) is 0 Å². The lowest BCUT2D eigenvalue weighted by Crippen LogP contribution is -2.27. The lowest BCUT2D eigenvalue weighted by atomic mass is 9.83. The first-order valence-corrected chi connectivity index (χ1v) is 7.98. The van der Waals surface area contributed by atoms with Crippen LogP contribution in [-0.4, -0.2) is 20.6 Å². The molecule has 0 fully saturated rings. The molecule has 1 N–H and O–H groups in total. The molecule has 122 valence electrons. The second kappa shape index (κ2) is 5.37. The first-order chi connectivity index (χ1) is 11.6. The topological polar surface area (TPSA) is 64.4 Å². The molecule has 0 amide bonds. The first-order valence-electron chi connectivity index (χ1n) is 7.98. The zero-order valence-electron chi connectivity index (χ0n) is 13.6. The number of carbonyl (C=O) groups is 1. The van der Waals surface area contributed by atoms with Crippen LogP contribution in [-0.2, 0) is 23.0 Å². The fraction of sp³-hybridized carbons (Fsp3) is 0.263. The summed E-state index contributed by atoms with van der Waals surface area (Å²) in [6, 6.07) is 9.85. The SMILES string of the molecule is Cc1nc2c(n1C)CC(C(=O)O)C1=C2OC(c2ccccc2)=CC1. The molecule has 0 saturated heterocycles. The minimum atomic E-state index is -0.813. The van der Waals surface area contributed by atoms with E-state index in [-0.39, 0.29) is 0 Å². The van der Waals surface area contributed by atoms with E-state index in [0.29, 0.717) is 18.6 Å². The number of fused-ring (bicyclic) bond motifs is 2. The third-order valence-electron chi connectivity index (χ3n) is 4.84. The Hall–Kier alpha value is -2.82. The lowest BCUT2D eigenvalue weighted by molar-refractivity contribution is -0.140. The highest BCUT2D eigenvalue weighted by Gasteiger charge is 2.37. The van der Waals surface area contributed by atoms with Crippen LogP contribution in [0.25, 0.3) is 11.5 Å². The predicted octanol–water partition coefficient (Wildman–Crippen LogP) is 3.16. The van der Waals surface area contributed by atoms with E-state index in [9.17, 15) is 9.90 Å². The maximum Gasteiger partial charge on any atom is 0.311 e. The molecule has 2 aliphatic rings. The van der Waals surface area contributed by atoms with Gasteiger partial charge in [0.15, 0.2) is 5.76 Å². The van der Waals surface area contributed by atoms with Crippen molar-refractivity contribution in [1.82, 2.24) is 9.55 Å². The molecule has 2 aromatic rings. The minimum absolute atomic E-state index is 0.457.